The highest BCUT2D eigenvalue weighted by Gasteiger charge is 2.09. The molecular formula is C17H13FN4OS. The van der Waals surface area contributed by atoms with Crippen molar-refractivity contribution < 1.29 is 8.81 Å². The van der Waals surface area contributed by atoms with Crippen molar-refractivity contribution in [3.8, 4) is 16.3 Å². The zero-order valence-electron chi connectivity index (χ0n) is 12.5. The van der Waals surface area contributed by atoms with Crippen LogP contribution in [0.3, 0.4) is 0 Å². The highest BCUT2D eigenvalue weighted by atomic mass is 32.1. The average molecular weight is 340 g/mol. The fraction of sp³-hybridized carbons (Fsp3) is 0.0588. The molecule has 4 aromatic rings. The number of thiophene rings is 1. The SMILES string of the molecule is Fc1cc(NCc2ncc(-c3cccs3)o2)ccc1-n1cccn1. The Bertz CT molecular complexity index is 932. The topological polar surface area (TPSA) is 55.9 Å². The number of rotatable bonds is 5. The minimum Gasteiger partial charge on any atom is -0.438 e. The molecular weight excluding hydrogens is 327 g/mol. The van der Waals surface area contributed by atoms with Crippen LogP contribution in [-0.4, -0.2) is 14.8 Å². The number of benzene rings is 1. The van der Waals surface area contributed by atoms with E-state index in [1.807, 2.05) is 17.5 Å². The van der Waals surface area contributed by atoms with Gasteiger partial charge in [0.15, 0.2) is 11.6 Å². The molecule has 3 heterocycles. The second-order valence-electron chi connectivity index (χ2n) is 5.07. The van der Waals surface area contributed by atoms with E-state index in [1.165, 1.54) is 10.7 Å². The lowest BCUT2D eigenvalue weighted by Gasteiger charge is -2.07. The molecule has 0 bridgehead atoms. The van der Waals surface area contributed by atoms with Gasteiger partial charge in [0.05, 0.1) is 17.6 Å². The maximum atomic E-state index is 14.2. The molecule has 1 N–H and O–H groups in total. The molecule has 0 fully saturated rings. The fourth-order valence-corrected chi connectivity index (χ4v) is 2.99. The van der Waals surface area contributed by atoms with E-state index in [2.05, 4.69) is 15.4 Å². The first-order valence-corrected chi connectivity index (χ1v) is 8.19. The number of hydrogen-bond acceptors (Lipinski definition) is 5. The predicted octanol–water partition coefficient (Wildman–Crippen LogP) is 4.34. The van der Waals surface area contributed by atoms with Gasteiger partial charge in [-0.05, 0) is 35.7 Å². The highest BCUT2D eigenvalue weighted by Crippen LogP contribution is 2.25. The number of aromatic nitrogens is 3. The van der Waals surface area contributed by atoms with Crippen molar-refractivity contribution in [3.63, 3.8) is 0 Å². The minimum absolute atomic E-state index is 0.352. The maximum Gasteiger partial charge on any atom is 0.214 e. The van der Waals surface area contributed by atoms with Crippen LogP contribution in [-0.2, 0) is 6.54 Å². The quantitative estimate of drug-likeness (QED) is 0.587. The van der Waals surface area contributed by atoms with Crippen molar-refractivity contribution in [1.29, 1.82) is 0 Å². The summed E-state index contributed by atoms with van der Waals surface area (Å²) in [6.07, 6.45) is 5.01. The van der Waals surface area contributed by atoms with Crippen LogP contribution in [0.25, 0.3) is 16.3 Å². The van der Waals surface area contributed by atoms with E-state index in [-0.39, 0.29) is 5.82 Å². The number of nitrogens with zero attached hydrogens (tertiary/aromatic N) is 3. The lowest BCUT2D eigenvalue weighted by atomic mass is 10.2. The van der Waals surface area contributed by atoms with Gasteiger partial charge in [-0.1, -0.05) is 6.07 Å². The molecule has 0 radical (unpaired) electrons. The van der Waals surface area contributed by atoms with Crippen LogP contribution in [0.1, 0.15) is 5.89 Å². The molecule has 120 valence electrons. The molecule has 0 unspecified atom stereocenters. The smallest absolute Gasteiger partial charge is 0.214 e. The summed E-state index contributed by atoms with van der Waals surface area (Å²) in [5.41, 5.74) is 1.06. The van der Waals surface area contributed by atoms with E-state index in [0.29, 0.717) is 23.8 Å². The molecule has 4 rings (SSSR count). The van der Waals surface area contributed by atoms with Crippen molar-refractivity contribution in [2.45, 2.75) is 6.54 Å². The van der Waals surface area contributed by atoms with Crippen LogP contribution >= 0.6 is 11.3 Å². The summed E-state index contributed by atoms with van der Waals surface area (Å²) in [5.74, 6) is 0.937. The molecule has 5 nitrogen and oxygen atoms in total. The molecule has 0 saturated carbocycles. The van der Waals surface area contributed by atoms with E-state index in [4.69, 9.17) is 4.42 Å². The second-order valence-corrected chi connectivity index (χ2v) is 6.01. The Morgan fingerprint density at radius 2 is 2.21 bits per heavy atom. The third kappa shape index (κ3) is 2.93. The van der Waals surface area contributed by atoms with Crippen molar-refractivity contribution in [2.75, 3.05) is 5.32 Å². The van der Waals surface area contributed by atoms with E-state index < -0.39 is 0 Å². The molecule has 0 spiro atoms. The van der Waals surface area contributed by atoms with Gasteiger partial charge in [0.1, 0.15) is 5.69 Å². The maximum absolute atomic E-state index is 14.2. The number of hydrogen-bond donors (Lipinski definition) is 1. The van der Waals surface area contributed by atoms with E-state index >= 15 is 0 Å². The summed E-state index contributed by atoms with van der Waals surface area (Å²) in [6.45, 7) is 0.381. The first-order chi connectivity index (χ1) is 11.8. The summed E-state index contributed by atoms with van der Waals surface area (Å²) in [5, 5.41) is 9.13. The largest absolute Gasteiger partial charge is 0.438 e. The molecule has 0 amide bonds. The van der Waals surface area contributed by atoms with E-state index in [0.717, 1.165) is 10.6 Å². The Kier molecular flexibility index (Phi) is 3.84. The van der Waals surface area contributed by atoms with Gasteiger partial charge >= 0.3 is 0 Å². The van der Waals surface area contributed by atoms with Gasteiger partial charge in [-0.25, -0.2) is 14.1 Å². The third-order valence-corrected chi connectivity index (χ3v) is 4.34. The van der Waals surface area contributed by atoms with Gasteiger partial charge in [-0.3, -0.25) is 0 Å². The molecule has 7 heteroatoms. The van der Waals surface area contributed by atoms with Crippen LogP contribution in [0.4, 0.5) is 10.1 Å². The fourth-order valence-electron chi connectivity index (χ4n) is 2.32. The van der Waals surface area contributed by atoms with Crippen LogP contribution in [0, 0.1) is 5.82 Å². The van der Waals surface area contributed by atoms with Gasteiger partial charge in [0.25, 0.3) is 0 Å². The summed E-state index contributed by atoms with van der Waals surface area (Å²) in [6, 6.07) is 10.6. The highest BCUT2D eigenvalue weighted by molar-refractivity contribution is 7.13. The zero-order chi connectivity index (χ0) is 16.4. The number of oxazole rings is 1. The molecule has 0 aliphatic carbocycles. The van der Waals surface area contributed by atoms with E-state index in [1.54, 1.807) is 48.1 Å². The van der Waals surface area contributed by atoms with Crippen molar-refractivity contribution in [1.82, 2.24) is 14.8 Å². The zero-order valence-corrected chi connectivity index (χ0v) is 13.3. The van der Waals surface area contributed by atoms with Gasteiger partial charge in [-0.15, -0.1) is 11.3 Å². The summed E-state index contributed by atoms with van der Waals surface area (Å²) in [7, 11) is 0. The number of anilines is 1. The molecule has 0 atom stereocenters. The first kappa shape index (κ1) is 14.6. The number of halogens is 1. The Labute approximate surface area is 141 Å². The average Bonchev–Trinajstić information content (AvgIpc) is 3.33. The molecule has 24 heavy (non-hydrogen) atoms. The Hall–Kier alpha value is -2.93. The first-order valence-electron chi connectivity index (χ1n) is 7.31. The molecule has 0 aliphatic heterocycles. The van der Waals surface area contributed by atoms with Crippen molar-refractivity contribution in [2.24, 2.45) is 0 Å². The lowest BCUT2D eigenvalue weighted by Crippen LogP contribution is -2.02. The van der Waals surface area contributed by atoms with Crippen molar-refractivity contribution in [3.05, 3.63) is 72.1 Å². The van der Waals surface area contributed by atoms with Gasteiger partial charge in [0.2, 0.25) is 5.89 Å². The van der Waals surface area contributed by atoms with Crippen LogP contribution in [0.2, 0.25) is 0 Å². The van der Waals surface area contributed by atoms with Gasteiger partial charge in [0, 0.05) is 18.1 Å². The molecule has 0 aliphatic rings. The minimum atomic E-state index is -0.352. The Morgan fingerprint density at radius 3 is 2.96 bits per heavy atom. The normalized spacial score (nSPS) is 10.9. The lowest BCUT2D eigenvalue weighted by molar-refractivity contribution is 0.517. The monoisotopic (exact) mass is 340 g/mol. The summed E-state index contributed by atoms with van der Waals surface area (Å²) >= 11 is 1.59. The van der Waals surface area contributed by atoms with Crippen LogP contribution in [0.5, 0.6) is 0 Å². The predicted molar refractivity (Wildman–Crippen MR) is 90.7 cm³/mol. The van der Waals surface area contributed by atoms with E-state index in [9.17, 15) is 4.39 Å². The van der Waals surface area contributed by atoms with Gasteiger partial charge < -0.3 is 9.73 Å². The van der Waals surface area contributed by atoms with Crippen LogP contribution < -0.4 is 5.32 Å². The number of nitrogens with one attached hydrogen (secondary N) is 1. The molecule has 3 aromatic heterocycles. The molecule has 1 aromatic carbocycles. The Balaban J connectivity index is 1.45. The summed E-state index contributed by atoms with van der Waals surface area (Å²) < 4.78 is 21.4. The molecule has 0 saturated heterocycles. The standard InChI is InChI=1S/C17H13FN4OS/c18-13-9-12(4-5-14(13)22-7-2-6-21-22)19-11-17-20-10-15(23-17)16-3-1-8-24-16/h1-10,19H,11H2. The Morgan fingerprint density at radius 1 is 1.25 bits per heavy atom. The van der Waals surface area contributed by atoms with Gasteiger partial charge in [-0.2, -0.15) is 5.10 Å². The van der Waals surface area contributed by atoms with Crippen molar-refractivity contribution >= 4 is 17.0 Å². The summed E-state index contributed by atoms with van der Waals surface area (Å²) in [4.78, 5) is 5.27. The second kappa shape index (κ2) is 6.29. The van der Waals surface area contributed by atoms with Crippen LogP contribution in [0.15, 0.2) is 64.8 Å². The third-order valence-electron chi connectivity index (χ3n) is 3.46.